The van der Waals surface area contributed by atoms with Gasteiger partial charge in [0.25, 0.3) is 0 Å². The molecule has 10 heteroatoms. The second-order valence-corrected chi connectivity index (χ2v) is 6.21. The molecule has 1 atom stereocenters. The van der Waals surface area contributed by atoms with Crippen LogP contribution in [0.15, 0.2) is 18.2 Å². The van der Waals surface area contributed by atoms with Crippen molar-refractivity contribution in [2.45, 2.75) is 12.5 Å². The molecule has 0 aliphatic carbocycles. The van der Waals surface area contributed by atoms with Crippen LogP contribution in [0.4, 0.5) is 0 Å². The Kier molecular flexibility index (Phi) is 7.60. The van der Waals surface area contributed by atoms with Gasteiger partial charge in [-0.25, -0.2) is 0 Å². The summed E-state index contributed by atoms with van der Waals surface area (Å²) in [4.78, 5) is 11.3. The quantitative estimate of drug-likeness (QED) is 0.512. The summed E-state index contributed by atoms with van der Waals surface area (Å²) in [5.41, 5.74) is 6.14. The zero-order chi connectivity index (χ0) is 16.2. The van der Waals surface area contributed by atoms with Gasteiger partial charge in [-0.15, -0.1) is 0 Å². The SMILES string of the molecule is COC(=O)[C@@H](N)Cc1ccc(O)c(OS(=O)(=O)N(C)C)c1.[Cl-]. The molecular weight excluding hydrogens is 336 g/mol. The van der Waals surface area contributed by atoms with Crippen LogP contribution in [0.2, 0.25) is 0 Å². The van der Waals surface area contributed by atoms with Crippen LogP contribution < -0.4 is 22.3 Å². The molecule has 0 saturated carbocycles. The number of esters is 1. The standard InChI is InChI=1S/C12H18N2O6S.ClH/c1-14(2)21(17,18)20-11-7-8(4-5-10(11)15)6-9(13)12(16)19-3;/h4-5,7,9,15H,6,13H2,1-3H3;1H/p-1/t9-;/m0./s1. The number of benzene rings is 1. The van der Waals surface area contributed by atoms with Crippen molar-refractivity contribution in [2.75, 3.05) is 21.2 Å². The molecule has 0 aromatic heterocycles. The highest BCUT2D eigenvalue weighted by Crippen LogP contribution is 2.29. The van der Waals surface area contributed by atoms with Crippen LogP contribution in [0.25, 0.3) is 0 Å². The number of phenolic OH excluding ortho intramolecular Hbond substituents is 1. The number of halogens is 1. The average Bonchev–Trinajstić information content (AvgIpc) is 2.41. The Hall–Kier alpha value is -1.55. The average molecular weight is 354 g/mol. The molecule has 1 aromatic rings. The summed E-state index contributed by atoms with van der Waals surface area (Å²) in [6, 6.07) is 3.18. The molecule has 0 fully saturated rings. The van der Waals surface area contributed by atoms with Crippen molar-refractivity contribution < 1.29 is 39.6 Å². The molecular formula is C12H18ClN2O6S-. The summed E-state index contributed by atoms with van der Waals surface area (Å²) in [5.74, 6) is -1.17. The first-order chi connectivity index (χ1) is 9.67. The predicted octanol–water partition coefficient (Wildman–Crippen LogP) is -3.38. The van der Waals surface area contributed by atoms with Crippen LogP contribution in [-0.4, -0.2) is 51.0 Å². The van der Waals surface area contributed by atoms with E-state index in [0.717, 1.165) is 4.31 Å². The van der Waals surface area contributed by atoms with Gasteiger partial charge in [0, 0.05) is 14.1 Å². The van der Waals surface area contributed by atoms with Crippen LogP contribution in [0, 0.1) is 0 Å². The number of hydrogen-bond acceptors (Lipinski definition) is 7. The largest absolute Gasteiger partial charge is 1.00 e. The number of nitrogens with zero attached hydrogens (tertiary/aromatic N) is 1. The number of aromatic hydroxyl groups is 1. The maximum atomic E-state index is 11.6. The predicted molar refractivity (Wildman–Crippen MR) is 75.0 cm³/mol. The summed E-state index contributed by atoms with van der Waals surface area (Å²) in [7, 11) is -0.180. The van der Waals surface area contributed by atoms with Crippen LogP contribution in [-0.2, 0) is 26.3 Å². The van der Waals surface area contributed by atoms with Crippen molar-refractivity contribution in [1.82, 2.24) is 4.31 Å². The Labute approximate surface area is 135 Å². The summed E-state index contributed by atoms with van der Waals surface area (Å²) >= 11 is 0. The molecule has 1 aromatic carbocycles. The Morgan fingerprint density at radius 2 is 2.00 bits per heavy atom. The van der Waals surface area contributed by atoms with Gasteiger partial charge in [0.05, 0.1) is 7.11 Å². The first-order valence-electron chi connectivity index (χ1n) is 5.94. The normalized spacial score (nSPS) is 12.4. The lowest BCUT2D eigenvalue weighted by Gasteiger charge is -2.14. The van der Waals surface area contributed by atoms with Gasteiger partial charge in [0.15, 0.2) is 11.5 Å². The summed E-state index contributed by atoms with van der Waals surface area (Å²) in [6.45, 7) is 0. The van der Waals surface area contributed by atoms with Crippen LogP contribution >= 0.6 is 0 Å². The maximum absolute atomic E-state index is 11.6. The van der Waals surface area contributed by atoms with E-state index in [-0.39, 0.29) is 30.3 Å². The van der Waals surface area contributed by atoms with Gasteiger partial charge in [-0.3, -0.25) is 4.79 Å². The van der Waals surface area contributed by atoms with Crippen molar-refractivity contribution in [3.8, 4) is 11.5 Å². The van der Waals surface area contributed by atoms with E-state index in [1.165, 1.54) is 39.4 Å². The fourth-order valence-corrected chi connectivity index (χ4v) is 1.94. The monoisotopic (exact) mass is 353 g/mol. The van der Waals surface area contributed by atoms with E-state index < -0.39 is 22.3 Å². The van der Waals surface area contributed by atoms with E-state index in [1.54, 1.807) is 0 Å². The number of methoxy groups -OCH3 is 1. The summed E-state index contributed by atoms with van der Waals surface area (Å²) < 4.78 is 33.4. The van der Waals surface area contributed by atoms with E-state index in [9.17, 15) is 18.3 Å². The van der Waals surface area contributed by atoms with Crippen LogP contribution in [0.3, 0.4) is 0 Å². The molecule has 0 unspecified atom stereocenters. The highest BCUT2D eigenvalue weighted by molar-refractivity contribution is 7.84. The lowest BCUT2D eigenvalue weighted by atomic mass is 10.1. The lowest BCUT2D eigenvalue weighted by Crippen LogP contribution is -3.00. The Morgan fingerprint density at radius 1 is 1.41 bits per heavy atom. The first kappa shape index (κ1) is 20.5. The van der Waals surface area contributed by atoms with E-state index in [4.69, 9.17) is 9.92 Å². The van der Waals surface area contributed by atoms with E-state index in [1.807, 2.05) is 0 Å². The van der Waals surface area contributed by atoms with Gasteiger partial charge < -0.3 is 32.2 Å². The number of carbonyl (C=O) groups excluding carboxylic acids is 1. The van der Waals surface area contributed by atoms with Crippen molar-refractivity contribution in [3.63, 3.8) is 0 Å². The van der Waals surface area contributed by atoms with Gasteiger partial charge in [0.1, 0.15) is 6.04 Å². The number of phenols is 1. The van der Waals surface area contributed by atoms with E-state index >= 15 is 0 Å². The second-order valence-electron chi connectivity index (χ2n) is 4.46. The summed E-state index contributed by atoms with van der Waals surface area (Å²) in [5, 5.41) is 9.64. The highest BCUT2D eigenvalue weighted by Gasteiger charge is 2.20. The number of rotatable bonds is 6. The minimum Gasteiger partial charge on any atom is -1.00 e. The van der Waals surface area contributed by atoms with Gasteiger partial charge in [-0.2, -0.15) is 12.7 Å². The topological polar surface area (TPSA) is 119 Å². The fourth-order valence-electron chi connectivity index (χ4n) is 1.43. The smallest absolute Gasteiger partial charge is 0.384 e. The van der Waals surface area contributed by atoms with Crippen molar-refractivity contribution in [3.05, 3.63) is 23.8 Å². The minimum absolute atomic E-state index is 0. The number of nitrogens with two attached hydrogens (primary N) is 1. The molecule has 0 radical (unpaired) electrons. The molecule has 0 aliphatic rings. The van der Waals surface area contributed by atoms with Crippen LogP contribution in [0.5, 0.6) is 11.5 Å². The zero-order valence-electron chi connectivity index (χ0n) is 12.3. The third-order valence-electron chi connectivity index (χ3n) is 2.63. The van der Waals surface area contributed by atoms with Gasteiger partial charge in [0.2, 0.25) is 0 Å². The number of carbonyl (C=O) groups is 1. The van der Waals surface area contributed by atoms with Crippen molar-refractivity contribution >= 4 is 16.3 Å². The molecule has 22 heavy (non-hydrogen) atoms. The molecule has 0 heterocycles. The Bertz CT molecular complexity index is 620. The van der Waals surface area contributed by atoms with E-state index in [0.29, 0.717) is 5.56 Å². The van der Waals surface area contributed by atoms with Crippen LogP contribution in [0.1, 0.15) is 5.56 Å². The van der Waals surface area contributed by atoms with E-state index in [2.05, 4.69) is 4.74 Å². The lowest BCUT2D eigenvalue weighted by molar-refractivity contribution is -0.142. The Morgan fingerprint density at radius 3 is 2.50 bits per heavy atom. The first-order valence-corrected chi connectivity index (χ1v) is 7.31. The molecule has 126 valence electrons. The third-order valence-corrected chi connectivity index (χ3v) is 3.91. The minimum atomic E-state index is -3.99. The van der Waals surface area contributed by atoms with Gasteiger partial charge >= 0.3 is 16.3 Å². The molecule has 3 N–H and O–H groups in total. The van der Waals surface area contributed by atoms with Gasteiger partial charge in [-0.1, -0.05) is 6.07 Å². The van der Waals surface area contributed by atoms with Crippen molar-refractivity contribution in [1.29, 1.82) is 0 Å². The molecule has 0 saturated heterocycles. The molecule has 0 aliphatic heterocycles. The highest BCUT2D eigenvalue weighted by atomic mass is 35.5. The molecule has 0 amide bonds. The van der Waals surface area contributed by atoms with Crippen molar-refractivity contribution in [2.24, 2.45) is 5.73 Å². The summed E-state index contributed by atoms with van der Waals surface area (Å²) in [6.07, 6.45) is 0.116. The Balaban J connectivity index is 0.00000441. The number of hydrogen-bond donors (Lipinski definition) is 2. The molecule has 1 rings (SSSR count). The van der Waals surface area contributed by atoms with Gasteiger partial charge in [-0.05, 0) is 24.1 Å². The second kappa shape index (κ2) is 8.18. The maximum Gasteiger partial charge on any atom is 0.384 e. The zero-order valence-corrected chi connectivity index (χ0v) is 13.9. The fraction of sp³-hybridized carbons (Fsp3) is 0.417. The third kappa shape index (κ3) is 5.34. The molecule has 0 bridgehead atoms. The molecule has 8 nitrogen and oxygen atoms in total. The molecule has 0 spiro atoms. The number of ether oxygens (including phenoxy) is 1.